The summed E-state index contributed by atoms with van der Waals surface area (Å²) in [5, 5.41) is 5.74. The van der Waals surface area contributed by atoms with Crippen LogP contribution in [0.15, 0.2) is 48.5 Å². The van der Waals surface area contributed by atoms with Gasteiger partial charge in [-0.2, -0.15) is 0 Å². The number of hydrogen-bond donors (Lipinski definition) is 2. The number of nitrogens with zero attached hydrogens (tertiary/aromatic N) is 1. The fourth-order valence-electron chi connectivity index (χ4n) is 4.63. The third kappa shape index (κ3) is 4.85. The lowest BCUT2D eigenvalue weighted by molar-refractivity contribution is -0.123. The van der Waals surface area contributed by atoms with Crippen molar-refractivity contribution < 1.29 is 14.0 Å². The van der Waals surface area contributed by atoms with E-state index in [0.29, 0.717) is 19.5 Å². The number of benzene rings is 2. The van der Waals surface area contributed by atoms with Crippen molar-refractivity contribution >= 4 is 11.8 Å². The maximum atomic E-state index is 14.4. The molecule has 1 aliphatic carbocycles. The number of amides is 2. The summed E-state index contributed by atoms with van der Waals surface area (Å²) in [6, 6.07) is 14.9. The summed E-state index contributed by atoms with van der Waals surface area (Å²) in [4.78, 5) is 26.9. The molecule has 0 bridgehead atoms. The Morgan fingerprint density at radius 1 is 1.12 bits per heavy atom. The summed E-state index contributed by atoms with van der Waals surface area (Å²) in [6.07, 6.45) is 0.566. The third-order valence-electron chi connectivity index (χ3n) is 6.99. The van der Waals surface area contributed by atoms with Crippen LogP contribution in [-0.2, 0) is 16.6 Å². The van der Waals surface area contributed by atoms with Gasteiger partial charge in [0.15, 0.2) is 0 Å². The molecule has 1 aliphatic rings. The van der Waals surface area contributed by atoms with E-state index in [-0.39, 0.29) is 34.8 Å². The quantitative estimate of drug-likeness (QED) is 0.630. The van der Waals surface area contributed by atoms with Gasteiger partial charge in [0.2, 0.25) is 5.91 Å². The van der Waals surface area contributed by atoms with Gasteiger partial charge < -0.3 is 15.5 Å². The second-order valence-electron chi connectivity index (χ2n) is 9.16. The van der Waals surface area contributed by atoms with Gasteiger partial charge in [0.05, 0.1) is 11.5 Å². The molecule has 2 aromatic carbocycles. The van der Waals surface area contributed by atoms with Gasteiger partial charge in [-0.15, -0.1) is 0 Å². The molecular weight excluding hydrogens is 405 g/mol. The van der Waals surface area contributed by atoms with E-state index in [2.05, 4.69) is 36.6 Å². The van der Waals surface area contributed by atoms with Gasteiger partial charge in [-0.05, 0) is 56.6 Å². The third-order valence-corrected chi connectivity index (χ3v) is 6.99. The molecule has 0 aliphatic heterocycles. The molecule has 1 fully saturated rings. The Morgan fingerprint density at radius 3 is 2.41 bits per heavy atom. The maximum absolute atomic E-state index is 14.4. The van der Waals surface area contributed by atoms with Crippen LogP contribution in [0.25, 0.3) is 0 Å². The summed E-state index contributed by atoms with van der Waals surface area (Å²) in [5.74, 6) is -0.651. The van der Waals surface area contributed by atoms with E-state index in [9.17, 15) is 14.0 Å². The number of halogens is 1. The van der Waals surface area contributed by atoms with Gasteiger partial charge in [0.25, 0.3) is 5.91 Å². The number of hydrogen-bond acceptors (Lipinski definition) is 3. The molecule has 0 saturated heterocycles. The maximum Gasteiger partial charge on any atom is 0.254 e. The van der Waals surface area contributed by atoms with E-state index in [1.54, 1.807) is 13.0 Å². The monoisotopic (exact) mass is 439 g/mol. The van der Waals surface area contributed by atoms with E-state index >= 15 is 0 Å². The Morgan fingerprint density at radius 2 is 1.81 bits per heavy atom. The minimum Gasteiger partial charge on any atom is -0.354 e. The van der Waals surface area contributed by atoms with E-state index in [1.165, 1.54) is 17.7 Å². The van der Waals surface area contributed by atoms with Crippen LogP contribution in [0.4, 0.5) is 4.39 Å². The van der Waals surface area contributed by atoms with E-state index in [0.717, 1.165) is 5.56 Å². The van der Waals surface area contributed by atoms with Gasteiger partial charge in [-0.25, -0.2) is 4.39 Å². The average molecular weight is 440 g/mol. The van der Waals surface area contributed by atoms with Crippen molar-refractivity contribution in [2.75, 3.05) is 27.2 Å². The highest BCUT2D eigenvalue weighted by molar-refractivity contribution is 5.94. The molecule has 4 atom stereocenters. The molecule has 5 nitrogen and oxygen atoms in total. The Hall–Kier alpha value is -2.73. The smallest absolute Gasteiger partial charge is 0.254 e. The van der Waals surface area contributed by atoms with Crippen LogP contribution < -0.4 is 10.6 Å². The zero-order chi connectivity index (χ0) is 23.5. The Balaban J connectivity index is 1.62. The molecule has 0 heterocycles. The van der Waals surface area contributed by atoms with Crippen molar-refractivity contribution in [2.24, 2.45) is 11.8 Å². The fraction of sp³-hybridized carbons (Fsp3) is 0.462. The molecule has 0 aromatic heterocycles. The normalized spacial score (nSPS) is 23.0. The number of rotatable bonds is 9. The zero-order valence-corrected chi connectivity index (χ0v) is 19.6. The van der Waals surface area contributed by atoms with Gasteiger partial charge >= 0.3 is 0 Å². The van der Waals surface area contributed by atoms with Crippen LogP contribution in [0.5, 0.6) is 0 Å². The zero-order valence-electron chi connectivity index (χ0n) is 19.6. The molecule has 172 valence electrons. The summed E-state index contributed by atoms with van der Waals surface area (Å²) in [6.45, 7) is 7.00. The number of carbonyl (C=O) groups excluding carboxylic acids is 2. The summed E-state index contributed by atoms with van der Waals surface area (Å²) in [5.41, 5.74) is 1.89. The average Bonchev–Trinajstić information content (AvgIpc) is 3.33. The highest BCUT2D eigenvalue weighted by Crippen LogP contribution is 2.59. The highest BCUT2D eigenvalue weighted by atomic mass is 19.1. The Kier molecular flexibility index (Phi) is 7.34. The summed E-state index contributed by atoms with van der Waals surface area (Å²) >= 11 is 0. The van der Waals surface area contributed by atoms with Crippen molar-refractivity contribution in [1.29, 1.82) is 0 Å². The highest BCUT2D eigenvalue weighted by Gasteiger charge is 2.62. The van der Waals surface area contributed by atoms with Crippen molar-refractivity contribution in [3.8, 4) is 0 Å². The molecule has 2 N–H and O–H groups in total. The Labute approximate surface area is 190 Å². The van der Waals surface area contributed by atoms with Gasteiger partial charge in [0, 0.05) is 24.5 Å². The molecule has 32 heavy (non-hydrogen) atoms. The summed E-state index contributed by atoms with van der Waals surface area (Å²) < 4.78 is 14.4. The molecular formula is C26H34FN3O2. The van der Waals surface area contributed by atoms with Crippen molar-refractivity contribution in [1.82, 2.24) is 15.5 Å². The number of carbonyl (C=O) groups is 2. The first-order valence-electron chi connectivity index (χ1n) is 11.3. The van der Waals surface area contributed by atoms with Crippen molar-refractivity contribution in [2.45, 2.75) is 38.6 Å². The molecule has 0 spiro atoms. The molecule has 0 unspecified atom stereocenters. The lowest BCUT2D eigenvalue weighted by Crippen LogP contribution is -2.42. The predicted molar refractivity (Wildman–Crippen MR) is 125 cm³/mol. The van der Waals surface area contributed by atoms with E-state index in [4.69, 9.17) is 0 Å². The van der Waals surface area contributed by atoms with Gasteiger partial charge in [-0.1, -0.05) is 50.2 Å². The largest absolute Gasteiger partial charge is 0.354 e. The first-order chi connectivity index (χ1) is 15.2. The van der Waals surface area contributed by atoms with E-state index in [1.807, 2.05) is 37.2 Å². The van der Waals surface area contributed by atoms with E-state index < -0.39 is 11.7 Å². The number of nitrogens with one attached hydrogen (secondary N) is 2. The first kappa shape index (κ1) is 23.9. The van der Waals surface area contributed by atoms with Crippen LogP contribution in [0.2, 0.25) is 0 Å². The van der Waals surface area contributed by atoms with Gasteiger partial charge in [0.1, 0.15) is 5.82 Å². The standard InChI is InChI=1S/C26H34FN3O2/c1-6-28-24(31)21-13-12-18(15-22(21)27)14-20(30(4)5)16-29-25(32)23-17(2)26(23,3)19-10-8-7-9-11-19/h7-13,15,17,20,23H,6,14,16H2,1-5H3,(H,28,31)(H,29,32)/t17-,20-,23-,26+/m0/s1. The lowest BCUT2D eigenvalue weighted by Gasteiger charge is -2.25. The summed E-state index contributed by atoms with van der Waals surface area (Å²) in [7, 11) is 3.90. The number of likely N-dealkylation sites (N-methyl/N-ethyl adjacent to an activating group) is 1. The topological polar surface area (TPSA) is 61.4 Å². The second-order valence-corrected chi connectivity index (χ2v) is 9.16. The van der Waals surface area contributed by atoms with Crippen LogP contribution >= 0.6 is 0 Å². The molecule has 6 heteroatoms. The second kappa shape index (κ2) is 9.82. The van der Waals surface area contributed by atoms with Gasteiger partial charge in [-0.3, -0.25) is 9.59 Å². The van der Waals surface area contributed by atoms with Crippen LogP contribution in [0.3, 0.4) is 0 Å². The molecule has 0 radical (unpaired) electrons. The SMILES string of the molecule is CCNC(=O)c1ccc(C[C@@H](CNC(=O)[C@@H]2[C@H](C)[C@]2(C)c2ccccc2)N(C)C)cc1F. The van der Waals surface area contributed by atoms with Crippen LogP contribution in [0.1, 0.15) is 42.3 Å². The minimum atomic E-state index is -0.527. The van der Waals surface area contributed by atoms with Crippen LogP contribution in [-0.4, -0.2) is 49.9 Å². The van der Waals surface area contributed by atoms with Crippen molar-refractivity contribution in [3.63, 3.8) is 0 Å². The minimum absolute atomic E-state index is 0.00528. The van der Waals surface area contributed by atoms with Crippen molar-refractivity contribution in [3.05, 3.63) is 71.0 Å². The van der Waals surface area contributed by atoms with Crippen LogP contribution in [0, 0.1) is 17.7 Å². The molecule has 2 aromatic rings. The fourth-order valence-corrected chi connectivity index (χ4v) is 4.63. The predicted octanol–water partition coefficient (Wildman–Crippen LogP) is 3.39. The first-order valence-corrected chi connectivity index (χ1v) is 11.3. The lowest BCUT2D eigenvalue weighted by atomic mass is 9.94. The Bertz CT molecular complexity index is 963. The molecule has 1 saturated carbocycles. The molecule has 2 amide bonds. The molecule has 3 rings (SSSR count).